The van der Waals surface area contributed by atoms with Gasteiger partial charge in [0.2, 0.25) is 0 Å². The molecule has 0 aromatic heterocycles. The molecule has 3 heteroatoms. The number of nitrogens with one attached hydrogen (secondary N) is 1. The fraction of sp³-hybridized carbons (Fsp3) is 0.929. The van der Waals surface area contributed by atoms with Gasteiger partial charge in [-0.1, -0.05) is 19.3 Å². The zero-order valence-corrected chi connectivity index (χ0v) is 10.7. The smallest absolute Gasteiger partial charge is 0.187 e. The van der Waals surface area contributed by atoms with Crippen molar-refractivity contribution in [2.75, 3.05) is 19.6 Å². The molecule has 1 saturated heterocycles. The van der Waals surface area contributed by atoms with Gasteiger partial charge in [-0.15, -0.1) is 0 Å². The molecular weight excluding hydrogens is 212 g/mol. The van der Waals surface area contributed by atoms with Crippen LogP contribution < -0.4 is 5.32 Å². The van der Waals surface area contributed by atoms with Gasteiger partial charge < -0.3 is 10.1 Å². The largest absolute Gasteiger partial charge is 0.475 e. The number of aliphatic imine (C=N–C) groups is 1. The Morgan fingerprint density at radius 2 is 1.76 bits per heavy atom. The number of piperidine rings is 1. The summed E-state index contributed by atoms with van der Waals surface area (Å²) in [5, 5.41) is 3.40. The van der Waals surface area contributed by atoms with Gasteiger partial charge in [-0.05, 0) is 44.7 Å². The lowest BCUT2D eigenvalue weighted by atomic mass is 9.85. The standard InChI is InChI=1S/C14H24N2O/c1-2-4-11(5-3-1)13-10-16-14(17-13)12-6-8-15-9-7-12/h11-13,15H,1-10H2. The van der Waals surface area contributed by atoms with Gasteiger partial charge in [0.05, 0.1) is 6.54 Å². The second-order valence-electron chi connectivity index (χ2n) is 5.76. The lowest BCUT2D eigenvalue weighted by Crippen LogP contribution is -2.34. The molecule has 2 heterocycles. The van der Waals surface area contributed by atoms with Gasteiger partial charge in [0.1, 0.15) is 6.10 Å². The van der Waals surface area contributed by atoms with Gasteiger partial charge in [0.25, 0.3) is 0 Å². The highest BCUT2D eigenvalue weighted by Crippen LogP contribution is 2.31. The molecule has 17 heavy (non-hydrogen) atoms. The van der Waals surface area contributed by atoms with Gasteiger partial charge in [0.15, 0.2) is 5.90 Å². The second-order valence-corrected chi connectivity index (χ2v) is 5.76. The predicted octanol–water partition coefficient (Wildman–Crippen LogP) is 2.36. The Morgan fingerprint density at radius 1 is 1.00 bits per heavy atom. The van der Waals surface area contributed by atoms with Crippen LogP contribution in [0, 0.1) is 11.8 Å². The maximum absolute atomic E-state index is 6.16. The fourth-order valence-electron chi connectivity index (χ4n) is 3.46. The van der Waals surface area contributed by atoms with Crippen LogP contribution in [0.25, 0.3) is 0 Å². The van der Waals surface area contributed by atoms with Gasteiger partial charge in [0, 0.05) is 5.92 Å². The Balaban J connectivity index is 1.52. The van der Waals surface area contributed by atoms with Crippen molar-refractivity contribution in [3.8, 4) is 0 Å². The van der Waals surface area contributed by atoms with Crippen molar-refractivity contribution in [3.05, 3.63) is 0 Å². The molecule has 3 nitrogen and oxygen atoms in total. The highest BCUT2D eigenvalue weighted by Gasteiger charge is 2.32. The number of rotatable bonds is 2. The van der Waals surface area contributed by atoms with Crippen molar-refractivity contribution >= 4 is 5.90 Å². The third-order valence-electron chi connectivity index (χ3n) is 4.56. The minimum Gasteiger partial charge on any atom is -0.475 e. The average Bonchev–Trinajstić information content (AvgIpc) is 2.90. The van der Waals surface area contributed by atoms with Gasteiger partial charge >= 0.3 is 0 Å². The van der Waals surface area contributed by atoms with Crippen LogP contribution in [0.5, 0.6) is 0 Å². The van der Waals surface area contributed by atoms with E-state index in [2.05, 4.69) is 10.3 Å². The minimum atomic E-state index is 0.417. The van der Waals surface area contributed by atoms with Crippen molar-refractivity contribution in [1.29, 1.82) is 0 Å². The van der Waals surface area contributed by atoms with E-state index in [1.807, 2.05) is 0 Å². The number of hydrogen-bond donors (Lipinski definition) is 1. The van der Waals surface area contributed by atoms with Gasteiger partial charge in [-0.3, -0.25) is 4.99 Å². The van der Waals surface area contributed by atoms with Crippen LogP contribution in [0.2, 0.25) is 0 Å². The summed E-state index contributed by atoms with van der Waals surface area (Å²) in [4.78, 5) is 4.68. The Kier molecular flexibility index (Phi) is 3.65. The maximum atomic E-state index is 6.16. The molecule has 0 spiro atoms. The summed E-state index contributed by atoms with van der Waals surface area (Å²) in [6.07, 6.45) is 9.76. The Labute approximate surface area is 104 Å². The monoisotopic (exact) mass is 236 g/mol. The zero-order valence-electron chi connectivity index (χ0n) is 10.7. The molecule has 0 radical (unpaired) electrons. The molecule has 3 rings (SSSR count). The fourth-order valence-corrected chi connectivity index (χ4v) is 3.46. The lowest BCUT2D eigenvalue weighted by molar-refractivity contribution is 0.114. The first-order valence-electron chi connectivity index (χ1n) is 7.35. The van der Waals surface area contributed by atoms with Crippen LogP contribution in [0.4, 0.5) is 0 Å². The molecule has 96 valence electrons. The zero-order chi connectivity index (χ0) is 11.5. The molecule has 3 aliphatic rings. The number of hydrogen-bond acceptors (Lipinski definition) is 3. The van der Waals surface area contributed by atoms with Gasteiger partial charge in [-0.2, -0.15) is 0 Å². The Bertz CT molecular complexity index is 278. The van der Waals surface area contributed by atoms with E-state index >= 15 is 0 Å². The quantitative estimate of drug-likeness (QED) is 0.798. The first-order chi connectivity index (χ1) is 8.43. The summed E-state index contributed by atoms with van der Waals surface area (Å²) in [7, 11) is 0. The third-order valence-corrected chi connectivity index (χ3v) is 4.56. The topological polar surface area (TPSA) is 33.6 Å². The minimum absolute atomic E-state index is 0.417. The van der Waals surface area contributed by atoms with Crippen LogP contribution in [-0.2, 0) is 4.74 Å². The van der Waals surface area contributed by atoms with Crippen LogP contribution in [0.15, 0.2) is 4.99 Å². The van der Waals surface area contributed by atoms with Crippen molar-refractivity contribution in [2.24, 2.45) is 16.8 Å². The molecule has 1 unspecified atom stereocenters. The molecule has 1 saturated carbocycles. The Morgan fingerprint density at radius 3 is 2.53 bits per heavy atom. The molecule has 1 N–H and O–H groups in total. The summed E-state index contributed by atoms with van der Waals surface area (Å²) < 4.78 is 6.16. The van der Waals surface area contributed by atoms with E-state index < -0.39 is 0 Å². The van der Waals surface area contributed by atoms with Crippen molar-refractivity contribution in [2.45, 2.75) is 51.0 Å². The Hall–Kier alpha value is -0.570. The first-order valence-corrected chi connectivity index (χ1v) is 7.35. The molecular formula is C14H24N2O. The first kappa shape index (κ1) is 11.5. The third kappa shape index (κ3) is 2.65. The van der Waals surface area contributed by atoms with E-state index in [-0.39, 0.29) is 0 Å². The molecule has 2 fully saturated rings. The average molecular weight is 236 g/mol. The van der Waals surface area contributed by atoms with E-state index in [0.717, 1.165) is 31.4 Å². The van der Waals surface area contributed by atoms with Crippen LogP contribution in [-0.4, -0.2) is 31.6 Å². The molecule has 0 aromatic carbocycles. The normalized spacial score (nSPS) is 32.2. The second kappa shape index (κ2) is 5.38. The molecule has 1 atom stereocenters. The summed E-state index contributed by atoms with van der Waals surface area (Å²) in [6.45, 7) is 3.19. The molecule has 0 aromatic rings. The molecule has 0 bridgehead atoms. The summed E-state index contributed by atoms with van der Waals surface area (Å²) in [6, 6.07) is 0. The van der Waals surface area contributed by atoms with E-state index in [4.69, 9.17) is 4.74 Å². The lowest BCUT2D eigenvalue weighted by Gasteiger charge is -2.28. The van der Waals surface area contributed by atoms with Gasteiger partial charge in [-0.25, -0.2) is 0 Å². The van der Waals surface area contributed by atoms with E-state index in [1.165, 1.54) is 44.9 Å². The van der Waals surface area contributed by atoms with E-state index in [1.54, 1.807) is 0 Å². The molecule has 2 aliphatic heterocycles. The van der Waals surface area contributed by atoms with E-state index in [9.17, 15) is 0 Å². The van der Waals surface area contributed by atoms with Crippen LogP contribution >= 0.6 is 0 Å². The predicted molar refractivity (Wildman–Crippen MR) is 69.3 cm³/mol. The van der Waals surface area contributed by atoms with Crippen LogP contribution in [0.1, 0.15) is 44.9 Å². The highest BCUT2D eigenvalue weighted by molar-refractivity contribution is 5.80. The van der Waals surface area contributed by atoms with E-state index in [0.29, 0.717) is 12.0 Å². The maximum Gasteiger partial charge on any atom is 0.187 e. The number of ether oxygens (including phenoxy) is 1. The van der Waals surface area contributed by atoms with Crippen molar-refractivity contribution in [1.82, 2.24) is 5.32 Å². The summed E-state index contributed by atoms with van der Waals surface area (Å²) in [5.74, 6) is 2.47. The molecule has 1 aliphatic carbocycles. The molecule has 0 amide bonds. The summed E-state index contributed by atoms with van der Waals surface area (Å²) >= 11 is 0. The van der Waals surface area contributed by atoms with Crippen molar-refractivity contribution < 1.29 is 4.74 Å². The van der Waals surface area contributed by atoms with Crippen molar-refractivity contribution in [3.63, 3.8) is 0 Å². The highest BCUT2D eigenvalue weighted by atomic mass is 16.5. The SMILES string of the molecule is C1CCC(C2CN=C(C3CCNCC3)O2)CC1. The number of nitrogens with zero attached hydrogens (tertiary/aromatic N) is 1. The summed E-state index contributed by atoms with van der Waals surface area (Å²) in [5.41, 5.74) is 0. The van der Waals surface area contributed by atoms with Crippen LogP contribution in [0.3, 0.4) is 0 Å².